The van der Waals surface area contributed by atoms with Crippen molar-refractivity contribution in [2.24, 2.45) is 5.92 Å². The minimum absolute atomic E-state index is 0.0746. The fourth-order valence-electron chi connectivity index (χ4n) is 4.89. The standard InChI is InChI=1S/C27H31NO4S2/c29-15-8-7-13-22(23-19-33-16-14-28-23)27(21-11-5-2-6-12-21)17-24(30)25(26(31)32-27)34-18-20-9-3-1-4-10-20/h1-6,9-12,15,22-23,28,30H,7-8,13-14,16-19H2. The molecule has 34 heavy (non-hydrogen) atoms. The number of rotatable bonds is 10. The van der Waals surface area contributed by atoms with Crippen molar-refractivity contribution in [3.05, 3.63) is 82.5 Å². The number of benzene rings is 2. The summed E-state index contributed by atoms with van der Waals surface area (Å²) >= 11 is 3.21. The topological polar surface area (TPSA) is 75.6 Å². The first-order chi connectivity index (χ1) is 16.6. The molecule has 0 amide bonds. The predicted octanol–water partition coefficient (Wildman–Crippen LogP) is 5.22. The zero-order valence-electron chi connectivity index (χ0n) is 19.2. The highest BCUT2D eigenvalue weighted by Gasteiger charge is 2.51. The lowest BCUT2D eigenvalue weighted by Gasteiger charge is -2.47. The Morgan fingerprint density at radius 2 is 1.91 bits per heavy atom. The number of nitrogens with one attached hydrogen (secondary N) is 1. The third-order valence-electron chi connectivity index (χ3n) is 6.51. The van der Waals surface area contributed by atoms with E-state index < -0.39 is 11.6 Å². The molecular formula is C27H31NO4S2. The molecule has 4 rings (SSSR count). The van der Waals surface area contributed by atoms with E-state index in [9.17, 15) is 14.7 Å². The maximum atomic E-state index is 13.4. The van der Waals surface area contributed by atoms with Crippen molar-refractivity contribution in [2.45, 2.75) is 43.1 Å². The van der Waals surface area contributed by atoms with E-state index in [0.29, 0.717) is 18.6 Å². The first-order valence-electron chi connectivity index (χ1n) is 11.8. The molecule has 0 aliphatic carbocycles. The summed E-state index contributed by atoms with van der Waals surface area (Å²) in [5.41, 5.74) is 0.976. The van der Waals surface area contributed by atoms with E-state index in [1.54, 1.807) is 0 Å². The van der Waals surface area contributed by atoms with Gasteiger partial charge >= 0.3 is 5.97 Å². The van der Waals surface area contributed by atoms with Crippen LogP contribution in [-0.4, -0.2) is 41.5 Å². The Hall–Kier alpha value is -2.22. The molecule has 7 heteroatoms. The molecule has 0 aromatic heterocycles. The molecule has 2 aliphatic heterocycles. The van der Waals surface area contributed by atoms with Gasteiger partial charge in [0, 0.05) is 42.2 Å². The number of aldehydes is 1. The second kappa shape index (κ2) is 12.0. The molecule has 2 aromatic carbocycles. The van der Waals surface area contributed by atoms with Gasteiger partial charge < -0.3 is 20.0 Å². The molecule has 1 saturated heterocycles. The highest BCUT2D eigenvalue weighted by atomic mass is 32.2. The van der Waals surface area contributed by atoms with Gasteiger partial charge in [0.2, 0.25) is 0 Å². The van der Waals surface area contributed by atoms with Gasteiger partial charge in [0.15, 0.2) is 0 Å². The van der Waals surface area contributed by atoms with E-state index in [0.717, 1.165) is 41.9 Å². The van der Waals surface area contributed by atoms with Crippen LogP contribution in [-0.2, 0) is 25.7 Å². The third kappa shape index (κ3) is 5.70. The molecule has 5 nitrogen and oxygen atoms in total. The molecule has 3 atom stereocenters. The maximum Gasteiger partial charge on any atom is 0.349 e. The molecule has 0 radical (unpaired) electrons. The van der Waals surface area contributed by atoms with Crippen LogP contribution in [0.1, 0.15) is 36.8 Å². The largest absolute Gasteiger partial charge is 0.511 e. The number of hydrogen-bond donors (Lipinski definition) is 2. The average molecular weight is 498 g/mol. The zero-order valence-corrected chi connectivity index (χ0v) is 20.8. The van der Waals surface area contributed by atoms with Crippen LogP contribution in [0.4, 0.5) is 0 Å². The fourth-order valence-corrected chi connectivity index (χ4v) is 6.83. The first-order valence-corrected chi connectivity index (χ1v) is 13.9. The van der Waals surface area contributed by atoms with Crippen molar-refractivity contribution in [3.63, 3.8) is 0 Å². The number of carbonyl (C=O) groups is 2. The van der Waals surface area contributed by atoms with Crippen LogP contribution in [0.15, 0.2) is 71.3 Å². The summed E-state index contributed by atoms with van der Waals surface area (Å²) in [7, 11) is 0. The molecule has 2 heterocycles. The fraction of sp³-hybridized carbons (Fsp3) is 0.407. The van der Waals surface area contributed by atoms with E-state index >= 15 is 0 Å². The third-order valence-corrected chi connectivity index (χ3v) is 8.77. The van der Waals surface area contributed by atoms with Gasteiger partial charge in [-0.2, -0.15) is 11.8 Å². The van der Waals surface area contributed by atoms with E-state index in [-0.39, 0.29) is 29.0 Å². The normalized spacial score (nSPS) is 23.9. The van der Waals surface area contributed by atoms with Gasteiger partial charge in [-0.05, 0) is 24.0 Å². The van der Waals surface area contributed by atoms with Gasteiger partial charge in [0.25, 0.3) is 0 Å². The number of esters is 1. The Balaban J connectivity index is 1.68. The quantitative estimate of drug-likeness (QED) is 0.265. The van der Waals surface area contributed by atoms with Gasteiger partial charge in [-0.15, -0.1) is 11.8 Å². The molecule has 0 bridgehead atoms. The van der Waals surface area contributed by atoms with Crippen molar-refractivity contribution in [1.82, 2.24) is 5.32 Å². The Kier molecular flexibility index (Phi) is 8.75. The van der Waals surface area contributed by atoms with E-state index in [4.69, 9.17) is 4.74 Å². The number of aliphatic hydroxyl groups excluding tert-OH is 1. The summed E-state index contributed by atoms with van der Waals surface area (Å²) < 4.78 is 6.36. The Labute approximate surface area is 209 Å². The maximum absolute atomic E-state index is 13.4. The lowest BCUT2D eigenvalue weighted by molar-refractivity contribution is -0.169. The smallest absolute Gasteiger partial charge is 0.349 e. The van der Waals surface area contributed by atoms with Crippen molar-refractivity contribution >= 4 is 35.8 Å². The Morgan fingerprint density at radius 1 is 1.18 bits per heavy atom. The van der Waals surface area contributed by atoms with Gasteiger partial charge in [-0.3, -0.25) is 0 Å². The molecule has 1 fully saturated rings. The van der Waals surface area contributed by atoms with Crippen LogP contribution < -0.4 is 5.32 Å². The van der Waals surface area contributed by atoms with Gasteiger partial charge in [0.05, 0.1) is 6.42 Å². The number of cyclic esters (lactones) is 1. The van der Waals surface area contributed by atoms with Crippen LogP contribution in [0.2, 0.25) is 0 Å². The van der Waals surface area contributed by atoms with Crippen LogP contribution in [0.5, 0.6) is 0 Å². The number of hydrogen-bond acceptors (Lipinski definition) is 7. The molecular weight excluding hydrogens is 466 g/mol. The number of carbonyl (C=O) groups excluding carboxylic acids is 2. The van der Waals surface area contributed by atoms with Crippen LogP contribution in [0.25, 0.3) is 0 Å². The van der Waals surface area contributed by atoms with Crippen molar-refractivity contribution in [1.29, 1.82) is 0 Å². The minimum Gasteiger partial charge on any atom is -0.511 e. The summed E-state index contributed by atoms with van der Waals surface area (Å²) in [4.78, 5) is 24.7. The monoisotopic (exact) mass is 497 g/mol. The summed E-state index contributed by atoms with van der Waals surface area (Å²) in [5.74, 6) is 2.06. The Morgan fingerprint density at radius 3 is 2.56 bits per heavy atom. The zero-order chi connectivity index (χ0) is 23.8. The molecule has 2 aliphatic rings. The minimum atomic E-state index is -0.988. The lowest BCUT2D eigenvalue weighted by Crippen LogP contribution is -2.54. The van der Waals surface area contributed by atoms with Gasteiger partial charge in [0.1, 0.15) is 22.6 Å². The lowest BCUT2D eigenvalue weighted by atomic mass is 9.71. The van der Waals surface area contributed by atoms with E-state index in [2.05, 4.69) is 5.32 Å². The predicted molar refractivity (Wildman–Crippen MR) is 139 cm³/mol. The SMILES string of the molecule is O=CCCCC(C1CSCCN1)C1(c2ccccc2)CC(O)=C(SCc2ccccc2)C(=O)O1. The molecule has 3 unspecified atom stereocenters. The van der Waals surface area contributed by atoms with Crippen LogP contribution >= 0.6 is 23.5 Å². The van der Waals surface area contributed by atoms with Crippen molar-refractivity contribution in [2.75, 3.05) is 18.1 Å². The number of thioether (sulfide) groups is 2. The highest BCUT2D eigenvalue weighted by molar-refractivity contribution is 8.03. The second-order valence-electron chi connectivity index (χ2n) is 8.71. The summed E-state index contributed by atoms with van der Waals surface area (Å²) in [6.45, 7) is 0.887. The number of unbranched alkanes of at least 4 members (excludes halogenated alkanes) is 1. The molecule has 0 saturated carbocycles. The molecule has 0 spiro atoms. The molecule has 2 aromatic rings. The number of aliphatic hydroxyl groups is 1. The van der Waals surface area contributed by atoms with Crippen LogP contribution in [0, 0.1) is 5.92 Å². The first kappa shape index (κ1) is 24.9. The summed E-state index contributed by atoms with van der Waals surface area (Å²) in [5, 5.41) is 14.8. The Bertz CT molecular complexity index is 992. The van der Waals surface area contributed by atoms with E-state index in [1.807, 2.05) is 72.4 Å². The van der Waals surface area contributed by atoms with Gasteiger partial charge in [-0.1, -0.05) is 60.7 Å². The highest BCUT2D eigenvalue weighted by Crippen LogP contribution is 2.49. The number of ether oxygens (including phenoxy) is 1. The second-order valence-corrected chi connectivity index (χ2v) is 10.8. The molecule has 2 N–H and O–H groups in total. The molecule has 180 valence electrons. The summed E-state index contributed by atoms with van der Waals surface area (Å²) in [6, 6.07) is 19.8. The average Bonchev–Trinajstić information content (AvgIpc) is 2.88. The van der Waals surface area contributed by atoms with Crippen molar-refractivity contribution in [3.8, 4) is 0 Å². The summed E-state index contributed by atoms with van der Waals surface area (Å²) in [6.07, 6.45) is 3.07. The van der Waals surface area contributed by atoms with Gasteiger partial charge in [-0.25, -0.2) is 4.79 Å². The van der Waals surface area contributed by atoms with Crippen molar-refractivity contribution < 1.29 is 19.4 Å². The van der Waals surface area contributed by atoms with Crippen LogP contribution in [0.3, 0.4) is 0 Å². The van der Waals surface area contributed by atoms with E-state index in [1.165, 1.54) is 11.8 Å².